The van der Waals surface area contributed by atoms with Crippen LogP contribution in [0.4, 0.5) is 23.1 Å². The van der Waals surface area contributed by atoms with E-state index in [0.717, 1.165) is 5.69 Å². The molecular weight excluding hydrogens is 226 g/mol. The lowest BCUT2D eigenvalue weighted by molar-refractivity contribution is 1.19. The molecule has 0 aliphatic heterocycles. The number of nitrogens with zero attached hydrogens (tertiary/aromatic N) is 2. The average molecular weight is 236 g/mol. The summed E-state index contributed by atoms with van der Waals surface area (Å²) < 4.78 is 0. The first-order valence-electron chi connectivity index (χ1n) is 4.56. The lowest BCUT2D eigenvalue weighted by Crippen LogP contribution is -2.03. The highest BCUT2D eigenvalue weighted by Crippen LogP contribution is 2.22. The van der Waals surface area contributed by atoms with Crippen LogP contribution in [0.5, 0.6) is 0 Å². The fourth-order valence-corrected chi connectivity index (χ4v) is 1.32. The predicted octanol–water partition coefficient (Wildman–Crippen LogP) is 2.04. The molecule has 1 aromatic heterocycles. The molecule has 5 N–H and O–H groups in total. The Balaban J connectivity index is 2.23. The molecule has 16 heavy (non-hydrogen) atoms. The van der Waals surface area contributed by atoms with Crippen LogP contribution in [0.1, 0.15) is 0 Å². The minimum absolute atomic E-state index is 0.152. The molecule has 0 aliphatic carbocycles. The van der Waals surface area contributed by atoms with Gasteiger partial charge in [0.05, 0.1) is 6.20 Å². The van der Waals surface area contributed by atoms with Crippen molar-refractivity contribution in [2.45, 2.75) is 0 Å². The van der Waals surface area contributed by atoms with Crippen molar-refractivity contribution in [1.82, 2.24) is 9.97 Å². The molecule has 0 unspecified atom stereocenters. The molecular formula is C10H10ClN5. The number of nitrogen functional groups attached to an aromatic ring is 2. The quantitative estimate of drug-likeness (QED) is 0.741. The van der Waals surface area contributed by atoms with Crippen LogP contribution >= 0.6 is 11.6 Å². The van der Waals surface area contributed by atoms with Crippen LogP contribution in [-0.4, -0.2) is 9.97 Å². The second kappa shape index (κ2) is 4.24. The molecule has 1 aromatic carbocycles. The summed E-state index contributed by atoms with van der Waals surface area (Å²) in [7, 11) is 0. The first-order valence-corrected chi connectivity index (χ1v) is 4.93. The molecule has 1 heterocycles. The van der Waals surface area contributed by atoms with Crippen molar-refractivity contribution in [3.05, 3.63) is 35.5 Å². The Morgan fingerprint density at radius 2 is 1.81 bits per heavy atom. The fraction of sp³-hybridized carbons (Fsp3) is 0. The van der Waals surface area contributed by atoms with E-state index >= 15 is 0 Å². The molecule has 0 amide bonds. The van der Waals surface area contributed by atoms with Gasteiger partial charge < -0.3 is 16.8 Å². The predicted molar refractivity (Wildman–Crippen MR) is 65.6 cm³/mol. The molecule has 2 rings (SSSR count). The standard InChI is InChI=1S/C10H10ClN5/c11-6-1-3-7(4-2-6)15-8-5-14-10(13)16-9(8)12/h1-5,15H,(H4,12,13,14,16). The maximum Gasteiger partial charge on any atom is 0.222 e. The molecule has 6 heteroatoms. The van der Waals surface area contributed by atoms with E-state index in [9.17, 15) is 0 Å². The topological polar surface area (TPSA) is 89.8 Å². The number of anilines is 4. The van der Waals surface area contributed by atoms with Crippen LogP contribution < -0.4 is 16.8 Å². The molecule has 0 bridgehead atoms. The Kier molecular flexibility index (Phi) is 2.78. The lowest BCUT2D eigenvalue weighted by atomic mass is 10.3. The third-order valence-electron chi connectivity index (χ3n) is 1.96. The molecule has 0 aliphatic rings. The zero-order chi connectivity index (χ0) is 11.5. The molecule has 2 aromatic rings. The smallest absolute Gasteiger partial charge is 0.222 e. The largest absolute Gasteiger partial charge is 0.382 e. The highest BCUT2D eigenvalue weighted by molar-refractivity contribution is 6.30. The van der Waals surface area contributed by atoms with Crippen LogP contribution in [0.2, 0.25) is 5.02 Å². The summed E-state index contributed by atoms with van der Waals surface area (Å²) in [5.41, 5.74) is 12.5. The van der Waals surface area contributed by atoms with E-state index in [1.807, 2.05) is 12.1 Å². The van der Waals surface area contributed by atoms with E-state index in [1.165, 1.54) is 6.20 Å². The molecule has 0 fully saturated rings. The van der Waals surface area contributed by atoms with Gasteiger partial charge in [-0.05, 0) is 24.3 Å². The second-order valence-electron chi connectivity index (χ2n) is 3.16. The van der Waals surface area contributed by atoms with Crippen molar-refractivity contribution in [2.75, 3.05) is 16.8 Å². The van der Waals surface area contributed by atoms with Crippen LogP contribution in [0, 0.1) is 0 Å². The Labute approximate surface area is 97.5 Å². The second-order valence-corrected chi connectivity index (χ2v) is 3.60. The van der Waals surface area contributed by atoms with Crippen LogP contribution in [-0.2, 0) is 0 Å². The monoisotopic (exact) mass is 235 g/mol. The zero-order valence-corrected chi connectivity index (χ0v) is 9.07. The normalized spacial score (nSPS) is 10.1. The molecule has 0 radical (unpaired) electrons. The van der Waals surface area contributed by atoms with Crippen LogP contribution in [0.25, 0.3) is 0 Å². The minimum Gasteiger partial charge on any atom is -0.382 e. The number of hydrogen-bond donors (Lipinski definition) is 3. The number of halogens is 1. The third-order valence-corrected chi connectivity index (χ3v) is 2.21. The van der Waals surface area contributed by atoms with E-state index in [4.69, 9.17) is 23.1 Å². The summed E-state index contributed by atoms with van der Waals surface area (Å²) in [4.78, 5) is 7.69. The first-order chi connectivity index (χ1) is 7.65. The SMILES string of the molecule is Nc1ncc(Nc2ccc(Cl)cc2)c(N)n1. The van der Waals surface area contributed by atoms with E-state index < -0.39 is 0 Å². The molecule has 0 atom stereocenters. The van der Waals surface area contributed by atoms with Gasteiger partial charge in [0, 0.05) is 10.7 Å². The Morgan fingerprint density at radius 3 is 2.44 bits per heavy atom. The summed E-state index contributed by atoms with van der Waals surface area (Å²) in [5, 5.41) is 3.74. The average Bonchev–Trinajstić information content (AvgIpc) is 2.25. The van der Waals surface area contributed by atoms with Gasteiger partial charge in [0.15, 0.2) is 5.82 Å². The van der Waals surface area contributed by atoms with E-state index in [1.54, 1.807) is 12.1 Å². The van der Waals surface area contributed by atoms with Crippen molar-refractivity contribution < 1.29 is 0 Å². The highest BCUT2D eigenvalue weighted by atomic mass is 35.5. The van der Waals surface area contributed by atoms with E-state index in [2.05, 4.69) is 15.3 Å². The highest BCUT2D eigenvalue weighted by Gasteiger charge is 2.02. The summed E-state index contributed by atoms with van der Waals surface area (Å²) in [6.45, 7) is 0. The molecule has 82 valence electrons. The van der Waals surface area contributed by atoms with E-state index in [-0.39, 0.29) is 5.95 Å². The fourth-order valence-electron chi connectivity index (χ4n) is 1.19. The van der Waals surface area contributed by atoms with Crippen LogP contribution in [0.3, 0.4) is 0 Å². The number of hydrogen-bond acceptors (Lipinski definition) is 5. The van der Waals surface area contributed by atoms with Gasteiger partial charge in [0.1, 0.15) is 5.69 Å². The van der Waals surface area contributed by atoms with Gasteiger partial charge in [-0.3, -0.25) is 0 Å². The van der Waals surface area contributed by atoms with Crippen molar-refractivity contribution >= 4 is 34.7 Å². The summed E-state index contributed by atoms with van der Waals surface area (Å²) in [6, 6.07) is 7.22. The number of nitrogens with two attached hydrogens (primary N) is 2. The van der Waals surface area contributed by atoms with Crippen LogP contribution in [0.15, 0.2) is 30.5 Å². The van der Waals surface area contributed by atoms with Gasteiger partial charge >= 0.3 is 0 Å². The number of nitrogens with one attached hydrogen (secondary N) is 1. The Hall–Kier alpha value is -2.01. The van der Waals surface area contributed by atoms with Gasteiger partial charge in [0.25, 0.3) is 0 Å². The minimum atomic E-state index is 0.152. The van der Waals surface area contributed by atoms with Gasteiger partial charge in [-0.15, -0.1) is 0 Å². The Bertz CT molecular complexity index is 497. The maximum absolute atomic E-state index is 5.77. The maximum atomic E-state index is 5.77. The summed E-state index contributed by atoms with van der Waals surface area (Å²) >= 11 is 5.77. The lowest BCUT2D eigenvalue weighted by Gasteiger charge is -2.08. The third kappa shape index (κ3) is 2.32. The number of rotatable bonds is 2. The molecule has 0 saturated heterocycles. The van der Waals surface area contributed by atoms with Gasteiger partial charge in [-0.25, -0.2) is 4.98 Å². The molecule has 5 nitrogen and oxygen atoms in total. The molecule has 0 spiro atoms. The van der Waals surface area contributed by atoms with Crippen molar-refractivity contribution in [3.63, 3.8) is 0 Å². The first kappa shape index (κ1) is 10.5. The van der Waals surface area contributed by atoms with Gasteiger partial charge in [0.2, 0.25) is 5.95 Å². The number of aromatic nitrogens is 2. The summed E-state index contributed by atoms with van der Waals surface area (Å²) in [5.74, 6) is 0.460. The number of benzene rings is 1. The van der Waals surface area contributed by atoms with Gasteiger partial charge in [-0.1, -0.05) is 11.6 Å². The zero-order valence-electron chi connectivity index (χ0n) is 8.31. The summed E-state index contributed by atoms with van der Waals surface area (Å²) in [6.07, 6.45) is 1.53. The van der Waals surface area contributed by atoms with E-state index in [0.29, 0.717) is 16.5 Å². The Morgan fingerprint density at radius 1 is 1.12 bits per heavy atom. The van der Waals surface area contributed by atoms with Crippen molar-refractivity contribution in [2.24, 2.45) is 0 Å². The van der Waals surface area contributed by atoms with Gasteiger partial charge in [-0.2, -0.15) is 4.98 Å². The van der Waals surface area contributed by atoms with Crippen molar-refractivity contribution in [1.29, 1.82) is 0 Å². The molecule has 0 saturated carbocycles. The van der Waals surface area contributed by atoms with Crippen molar-refractivity contribution in [3.8, 4) is 0 Å².